The van der Waals surface area contributed by atoms with Crippen molar-refractivity contribution in [2.75, 3.05) is 37.4 Å². The molecule has 1 aliphatic carbocycles. The molecule has 2 aromatic carbocycles. The maximum Gasteiger partial charge on any atom is 0.407 e. The van der Waals surface area contributed by atoms with E-state index in [4.69, 9.17) is 24.2 Å². The van der Waals surface area contributed by atoms with E-state index in [0.29, 0.717) is 46.0 Å². The molecule has 2 fully saturated rings. The molecule has 4 aromatic rings. The molecule has 1 saturated carbocycles. The lowest BCUT2D eigenvalue weighted by molar-refractivity contribution is -0.139. The number of anilines is 2. The van der Waals surface area contributed by atoms with E-state index in [-0.39, 0.29) is 43.3 Å². The highest BCUT2D eigenvalue weighted by Crippen LogP contribution is 2.46. The summed E-state index contributed by atoms with van der Waals surface area (Å²) in [5, 5.41) is 15.3. The second-order valence-corrected chi connectivity index (χ2v) is 20.4. The van der Waals surface area contributed by atoms with E-state index in [1.54, 1.807) is 64.3 Å². The molecule has 7 rings (SSSR count). The number of aromatic nitrogens is 2. The minimum Gasteiger partial charge on any atom is -0.497 e. The van der Waals surface area contributed by atoms with Crippen LogP contribution in [-0.2, 0) is 29.1 Å². The number of para-hydroxylation sites is 1. The number of likely N-dealkylation sites (tertiary alicyclic amines) is 1. The first-order valence-electron chi connectivity index (χ1n) is 22.0. The van der Waals surface area contributed by atoms with Gasteiger partial charge in [0, 0.05) is 60.8 Å². The van der Waals surface area contributed by atoms with Gasteiger partial charge in [-0.25, -0.2) is 27.9 Å². The number of carbonyl (C=O) groups is 4. The van der Waals surface area contributed by atoms with Crippen molar-refractivity contribution in [3.05, 3.63) is 66.1 Å². The zero-order valence-corrected chi connectivity index (χ0v) is 39.2. The molecule has 5 N–H and O–H groups in total. The van der Waals surface area contributed by atoms with Crippen LogP contribution in [0.4, 0.5) is 15.6 Å². The molecule has 17 nitrogen and oxygen atoms in total. The number of amides is 4. The topological polar surface area (TPSA) is 219 Å². The maximum atomic E-state index is 14.7. The summed E-state index contributed by atoms with van der Waals surface area (Å²) in [6, 6.07) is 12.6. The summed E-state index contributed by atoms with van der Waals surface area (Å²) in [6.45, 7) is 9.70. The normalized spacial score (nSPS) is 22.5. The molecule has 1 saturated heterocycles. The van der Waals surface area contributed by atoms with E-state index in [0.717, 1.165) is 30.8 Å². The fourth-order valence-corrected chi connectivity index (χ4v) is 10.1. The first-order valence-corrected chi connectivity index (χ1v) is 24.3. The second kappa shape index (κ2) is 19.7. The fourth-order valence-electron chi connectivity index (χ4n) is 8.00. The Morgan fingerprint density at radius 2 is 1.85 bits per heavy atom. The summed E-state index contributed by atoms with van der Waals surface area (Å²) >= 11 is 1.45. The van der Waals surface area contributed by atoms with Gasteiger partial charge in [-0.15, -0.1) is 11.3 Å². The number of nitrogens with one attached hydrogen (secondary N) is 5. The first kappa shape index (κ1) is 47.0. The highest BCUT2D eigenvalue weighted by atomic mass is 32.2. The van der Waals surface area contributed by atoms with E-state index in [1.165, 1.54) is 22.3 Å². The van der Waals surface area contributed by atoms with Crippen LogP contribution >= 0.6 is 11.3 Å². The third-order valence-corrected chi connectivity index (χ3v) is 13.4. The van der Waals surface area contributed by atoms with Crippen molar-refractivity contribution < 1.29 is 41.8 Å². The summed E-state index contributed by atoms with van der Waals surface area (Å²) in [4.78, 5) is 66.4. The van der Waals surface area contributed by atoms with Crippen LogP contribution in [0.15, 0.2) is 71.0 Å². The van der Waals surface area contributed by atoms with Crippen LogP contribution in [0, 0.1) is 5.92 Å². The number of ether oxygens (including phenoxy) is 3. The number of methoxy groups -OCH3 is 1. The minimum atomic E-state index is -4.38. The van der Waals surface area contributed by atoms with E-state index in [1.807, 2.05) is 37.4 Å². The quantitative estimate of drug-likeness (QED) is 0.103. The van der Waals surface area contributed by atoms with Gasteiger partial charge in [0.15, 0.2) is 5.13 Å². The maximum absolute atomic E-state index is 14.7. The average Bonchev–Trinajstić information content (AvgIpc) is 3.51. The molecule has 2 aliphatic heterocycles. The van der Waals surface area contributed by atoms with Gasteiger partial charge in [-0.1, -0.05) is 30.7 Å². The molecule has 2 aromatic heterocycles. The van der Waals surface area contributed by atoms with Crippen LogP contribution in [0.2, 0.25) is 0 Å². The Balaban J connectivity index is 1.18. The molecule has 0 unspecified atom stereocenters. The number of nitrogens with zero attached hydrogens (tertiary/aromatic N) is 3. The van der Waals surface area contributed by atoms with Crippen molar-refractivity contribution in [1.82, 2.24) is 30.2 Å². The number of alkyl carbamates (subject to hydrolysis) is 1. The summed E-state index contributed by atoms with van der Waals surface area (Å²) in [5.41, 5.74) is -0.257. The molecule has 4 amide bonds. The molecule has 19 heteroatoms. The molecule has 0 radical (unpaired) electrons. The SMILES string of the molecule is COc1ccc2c(O[C@@H]3C[C@@H](C(=O)N[C@]45C[C@H]4/C=C\CCCCCNc4ccccc4S(=O)(=O)NC5=O)N(C(=O)CCNC(=O)OC(C)(C)C)C3)cc(-c3csc(NC(C)C)n3)nc2c1. The Morgan fingerprint density at radius 1 is 1.05 bits per heavy atom. The van der Waals surface area contributed by atoms with Crippen LogP contribution in [0.5, 0.6) is 11.5 Å². The molecule has 4 heterocycles. The minimum absolute atomic E-state index is 0.0154. The summed E-state index contributed by atoms with van der Waals surface area (Å²) < 4.78 is 47.5. The summed E-state index contributed by atoms with van der Waals surface area (Å²) in [6.07, 6.45) is 5.78. The molecule has 65 heavy (non-hydrogen) atoms. The number of fused-ring (bicyclic) bond motifs is 3. The number of hydrogen-bond donors (Lipinski definition) is 5. The lowest BCUT2D eigenvalue weighted by Crippen LogP contribution is -2.56. The lowest BCUT2D eigenvalue weighted by Gasteiger charge is -2.27. The van der Waals surface area contributed by atoms with Crippen molar-refractivity contribution in [3.8, 4) is 22.9 Å². The number of sulfonamides is 1. The molecule has 0 spiro atoms. The molecule has 4 atom stereocenters. The number of allylic oxidation sites excluding steroid dienone is 1. The molecule has 0 bridgehead atoms. The monoisotopic (exact) mass is 930 g/mol. The van der Waals surface area contributed by atoms with Crippen LogP contribution in [0.1, 0.15) is 79.6 Å². The number of rotatable bonds is 11. The van der Waals surface area contributed by atoms with Crippen molar-refractivity contribution in [2.24, 2.45) is 5.92 Å². The lowest BCUT2D eigenvalue weighted by atomic mass is 10.1. The Morgan fingerprint density at radius 3 is 2.62 bits per heavy atom. The van der Waals surface area contributed by atoms with Gasteiger partial charge in [-0.05, 0) is 84.6 Å². The van der Waals surface area contributed by atoms with Crippen molar-refractivity contribution >= 4 is 66.9 Å². The first-order chi connectivity index (χ1) is 30.9. The smallest absolute Gasteiger partial charge is 0.407 e. The predicted molar refractivity (Wildman–Crippen MR) is 248 cm³/mol. The number of thiazole rings is 1. The van der Waals surface area contributed by atoms with Crippen molar-refractivity contribution in [2.45, 2.75) is 114 Å². The van der Waals surface area contributed by atoms with Gasteiger partial charge in [0.25, 0.3) is 15.9 Å². The number of benzene rings is 2. The predicted octanol–water partition coefficient (Wildman–Crippen LogP) is 6.37. The Hall–Kier alpha value is -5.95. The van der Waals surface area contributed by atoms with E-state index in [9.17, 15) is 27.6 Å². The van der Waals surface area contributed by atoms with Crippen LogP contribution in [0.25, 0.3) is 22.3 Å². The molecule has 3 aliphatic rings. The van der Waals surface area contributed by atoms with Crippen LogP contribution in [0.3, 0.4) is 0 Å². The van der Waals surface area contributed by atoms with Crippen molar-refractivity contribution in [1.29, 1.82) is 0 Å². The molecular formula is C46H58N8O9S2. The largest absolute Gasteiger partial charge is 0.497 e. The third-order valence-electron chi connectivity index (χ3n) is 11.2. The van der Waals surface area contributed by atoms with E-state index < -0.39 is 63.0 Å². The Labute approximate surface area is 383 Å². The third kappa shape index (κ3) is 11.5. The van der Waals surface area contributed by atoms with Gasteiger partial charge in [0.1, 0.15) is 45.4 Å². The van der Waals surface area contributed by atoms with Crippen molar-refractivity contribution in [3.63, 3.8) is 0 Å². The number of pyridine rings is 1. The highest BCUT2D eigenvalue weighted by molar-refractivity contribution is 7.90. The zero-order chi connectivity index (χ0) is 46.5. The van der Waals surface area contributed by atoms with Gasteiger partial charge in [0.2, 0.25) is 11.8 Å². The Kier molecular flexibility index (Phi) is 14.2. The van der Waals surface area contributed by atoms with Gasteiger partial charge < -0.3 is 40.4 Å². The van der Waals surface area contributed by atoms with Gasteiger partial charge in [-0.2, -0.15) is 0 Å². The molecular weight excluding hydrogens is 873 g/mol. The fraction of sp³-hybridized carbons (Fsp3) is 0.478. The summed E-state index contributed by atoms with van der Waals surface area (Å²) in [5.74, 6) is -1.46. The molecule has 348 valence electrons. The average molecular weight is 931 g/mol. The Bertz CT molecular complexity index is 2560. The van der Waals surface area contributed by atoms with Crippen LogP contribution < -0.4 is 35.5 Å². The standard InChI is InChI=1S/C46H58N8O9S2/c1-28(2)49-43-51-36(27-64-43)35-24-38(32-18-17-30(61-6)22-34(32)50-35)62-31-23-37(54(26-31)40(55)19-21-48-44(58)63-45(3,4)5)41(56)52-46-25-29(46)14-10-8-7-9-13-20-47-33-15-11-12-16-39(33)65(59,60)53-42(46)57/h10-12,14-18,22,24,27-29,31,37,47H,7-9,13,19-21,23,25-26H2,1-6H3,(H,48,58)(H,49,51)(H,52,56)(H,53,57)/b14-10-/t29-,31-,37+,46-/m1/s1. The summed E-state index contributed by atoms with van der Waals surface area (Å²) in [7, 11) is -2.82. The van der Waals surface area contributed by atoms with E-state index in [2.05, 4.69) is 26.0 Å². The van der Waals surface area contributed by atoms with Crippen LogP contribution in [-0.4, -0.2) is 103 Å². The number of carbonyl (C=O) groups excluding carboxylic acids is 4. The zero-order valence-electron chi connectivity index (χ0n) is 37.6. The van der Waals surface area contributed by atoms with Gasteiger partial charge in [-0.3, -0.25) is 14.4 Å². The highest BCUT2D eigenvalue weighted by Gasteiger charge is 2.61. The van der Waals surface area contributed by atoms with Gasteiger partial charge >= 0.3 is 6.09 Å². The second-order valence-electron chi connectivity index (χ2n) is 17.8. The number of hydrogen-bond acceptors (Lipinski definition) is 14. The van der Waals surface area contributed by atoms with Gasteiger partial charge in [0.05, 0.1) is 30.6 Å². The van der Waals surface area contributed by atoms with E-state index >= 15 is 0 Å².